The lowest BCUT2D eigenvalue weighted by Crippen LogP contribution is -1.95. The van der Waals surface area contributed by atoms with Crippen LogP contribution in [0.15, 0.2) is 140 Å². The number of nitrogens with zero attached hydrogens (tertiary/aromatic N) is 1. The first kappa shape index (κ1) is 24.2. The van der Waals surface area contributed by atoms with Gasteiger partial charge < -0.3 is 4.57 Å². The Balaban J connectivity index is 1.28. The van der Waals surface area contributed by atoms with Gasteiger partial charge >= 0.3 is 0 Å². The normalized spacial score (nSPS) is 12.0. The zero-order chi connectivity index (χ0) is 28.7. The number of para-hydroxylation sites is 1. The minimum absolute atomic E-state index is 1.18. The van der Waals surface area contributed by atoms with Crippen LogP contribution in [-0.4, -0.2) is 4.57 Å². The van der Waals surface area contributed by atoms with E-state index in [1.165, 1.54) is 93.2 Å². The largest absolute Gasteiger partial charge is 0.309 e. The standard InChI is InChI=1S/C42H29N/c1-26-10-13-28(14-11-26)33-19-15-29-18-22-37-34(20-16-30-17-21-36(33)41(29)42(30)37)31-6-5-7-32(25-31)43-39-9-4-3-8-35(39)38-24-27(2)12-23-40(38)43/h3-25H,1-2H3. The van der Waals surface area contributed by atoms with E-state index in [4.69, 9.17) is 0 Å². The fourth-order valence-electron chi connectivity index (χ4n) is 7.22. The number of rotatable bonds is 3. The number of aromatic nitrogens is 1. The van der Waals surface area contributed by atoms with Crippen LogP contribution in [0.2, 0.25) is 0 Å². The van der Waals surface area contributed by atoms with E-state index in [-0.39, 0.29) is 0 Å². The third-order valence-corrected chi connectivity index (χ3v) is 9.27. The van der Waals surface area contributed by atoms with Crippen LogP contribution < -0.4 is 0 Å². The zero-order valence-electron chi connectivity index (χ0n) is 24.2. The maximum atomic E-state index is 2.41. The lowest BCUT2D eigenvalue weighted by Gasteiger charge is -2.17. The smallest absolute Gasteiger partial charge is 0.0541 e. The van der Waals surface area contributed by atoms with Crippen molar-refractivity contribution in [3.05, 3.63) is 151 Å². The number of aryl methyl sites for hydroxylation is 2. The summed E-state index contributed by atoms with van der Waals surface area (Å²) in [6.45, 7) is 4.32. The topological polar surface area (TPSA) is 4.93 Å². The van der Waals surface area contributed by atoms with Gasteiger partial charge in [0.15, 0.2) is 0 Å². The van der Waals surface area contributed by atoms with Gasteiger partial charge in [0.25, 0.3) is 0 Å². The van der Waals surface area contributed by atoms with Crippen molar-refractivity contribution in [1.29, 1.82) is 0 Å². The molecule has 0 atom stereocenters. The molecule has 1 nitrogen and oxygen atoms in total. The van der Waals surface area contributed by atoms with Crippen molar-refractivity contribution in [3.8, 4) is 27.9 Å². The minimum atomic E-state index is 1.18. The van der Waals surface area contributed by atoms with Crippen LogP contribution in [0, 0.1) is 13.8 Å². The molecule has 0 aliphatic heterocycles. The predicted molar refractivity (Wildman–Crippen MR) is 185 cm³/mol. The molecule has 0 bridgehead atoms. The zero-order valence-corrected chi connectivity index (χ0v) is 24.2. The highest BCUT2D eigenvalue weighted by Gasteiger charge is 2.16. The number of hydrogen-bond donors (Lipinski definition) is 0. The van der Waals surface area contributed by atoms with Crippen LogP contribution in [0.1, 0.15) is 11.1 Å². The van der Waals surface area contributed by atoms with Crippen molar-refractivity contribution in [1.82, 2.24) is 4.57 Å². The van der Waals surface area contributed by atoms with E-state index in [1.807, 2.05) is 0 Å². The van der Waals surface area contributed by atoms with Crippen LogP contribution in [0.4, 0.5) is 0 Å². The molecule has 8 aromatic carbocycles. The first-order valence-electron chi connectivity index (χ1n) is 15.0. The summed E-state index contributed by atoms with van der Waals surface area (Å²) in [5, 5.41) is 10.5. The Hall–Kier alpha value is -5.40. The maximum absolute atomic E-state index is 2.41. The summed E-state index contributed by atoms with van der Waals surface area (Å²) in [7, 11) is 0. The number of benzene rings is 8. The molecule has 0 fully saturated rings. The number of fused-ring (bicyclic) bond motifs is 3. The fraction of sp³-hybridized carbons (Fsp3) is 0.0476. The van der Waals surface area contributed by atoms with Gasteiger partial charge in [-0.3, -0.25) is 0 Å². The summed E-state index contributed by atoms with van der Waals surface area (Å²) in [6, 6.07) is 51.9. The van der Waals surface area contributed by atoms with E-state index in [0.29, 0.717) is 0 Å². The van der Waals surface area contributed by atoms with Crippen LogP contribution in [-0.2, 0) is 0 Å². The second-order valence-corrected chi connectivity index (χ2v) is 11.9. The van der Waals surface area contributed by atoms with Gasteiger partial charge in [-0.2, -0.15) is 0 Å². The van der Waals surface area contributed by atoms with E-state index in [1.54, 1.807) is 0 Å². The van der Waals surface area contributed by atoms with Gasteiger partial charge in [0, 0.05) is 16.5 Å². The highest BCUT2D eigenvalue weighted by atomic mass is 15.0. The van der Waals surface area contributed by atoms with E-state index < -0.39 is 0 Å². The summed E-state index contributed by atoms with van der Waals surface area (Å²) in [5.41, 5.74) is 11.3. The molecule has 1 heterocycles. The van der Waals surface area contributed by atoms with Crippen LogP contribution in [0.5, 0.6) is 0 Å². The molecule has 0 unspecified atom stereocenters. The Kier molecular flexibility index (Phi) is 5.10. The van der Waals surface area contributed by atoms with Gasteiger partial charge in [-0.15, -0.1) is 0 Å². The summed E-state index contributed by atoms with van der Waals surface area (Å²) >= 11 is 0. The van der Waals surface area contributed by atoms with E-state index in [2.05, 4.69) is 158 Å². The Morgan fingerprint density at radius 3 is 1.77 bits per heavy atom. The number of hydrogen-bond acceptors (Lipinski definition) is 0. The summed E-state index contributed by atoms with van der Waals surface area (Å²) in [5.74, 6) is 0. The lowest BCUT2D eigenvalue weighted by molar-refractivity contribution is 1.18. The predicted octanol–water partition coefficient (Wildman–Crippen LogP) is 11.6. The quantitative estimate of drug-likeness (QED) is 0.194. The molecule has 9 aromatic rings. The SMILES string of the molecule is Cc1ccc(-c2ccc3ccc4c(-c5cccc(-n6c7ccccc7c7cc(C)ccc76)c5)ccc5ccc2c3c54)cc1. The van der Waals surface area contributed by atoms with Gasteiger partial charge in [0.05, 0.1) is 11.0 Å². The maximum Gasteiger partial charge on any atom is 0.0541 e. The van der Waals surface area contributed by atoms with Crippen LogP contribution in [0.3, 0.4) is 0 Å². The second-order valence-electron chi connectivity index (χ2n) is 11.9. The van der Waals surface area contributed by atoms with Gasteiger partial charge in [0.1, 0.15) is 0 Å². The van der Waals surface area contributed by atoms with Gasteiger partial charge in [-0.1, -0.05) is 120 Å². The Labute approximate surface area is 250 Å². The molecular formula is C42H29N. The minimum Gasteiger partial charge on any atom is -0.309 e. The first-order valence-corrected chi connectivity index (χ1v) is 15.0. The molecule has 0 radical (unpaired) electrons. The van der Waals surface area contributed by atoms with Crippen LogP contribution >= 0.6 is 0 Å². The molecule has 0 saturated heterocycles. The molecular weight excluding hydrogens is 518 g/mol. The highest BCUT2D eigenvalue weighted by Crippen LogP contribution is 2.43. The van der Waals surface area contributed by atoms with Crippen molar-refractivity contribution >= 4 is 54.1 Å². The molecule has 0 N–H and O–H groups in total. The third kappa shape index (κ3) is 3.58. The summed E-state index contributed by atoms with van der Waals surface area (Å²) < 4.78 is 2.41. The molecule has 1 aromatic heterocycles. The molecule has 43 heavy (non-hydrogen) atoms. The van der Waals surface area contributed by atoms with Crippen LogP contribution in [0.25, 0.3) is 82.1 Å². The Bertz CT molecular complexity index is 2510. The Morgan fingerprint density at radius 2 is 1.02 bits per heavy atom. The molecule has 0 saturated carbocycles. The van der Waals surface area contributed by atoms with Crippen molar-refractivity contribution in [2.75, 3.05) is 0 Å². The van der Waals surface area contributed by atoms with Gasteiger partial charge in [-0.25, -0.2) is 0 Å². The summed E-state index contributed by atoms with van der Waals surface area (Å²) in [4.78, 5) is 0. The lowest BCUT2D eigenvalue weighted by atomic mass is 9.87. The van der Waals surface area contributed by atoms with E-state index >= 15 is 0 Å². The fourth-order valence-corrected chi connectivity index (χ4v) is 7.22. The van der Waals surface area contributed by atoms with Crippen molar-refractivity contribution in [3.63, 3.8) is 0 Å². The third-order valence-electron chi connectivity index (χ3n) is 9.27. The second kappa shape index (κ2) is 9.05. The molecule has 0 aliphatic carbocycles. The molecule has 0 amide bonds. The van der Waals surface area contributed by atoms with Gasteiger partial charge in [-0.05, 0) is 98.8 Å². The first-order chi connectivity index (χ1) is 21.1. The highest BCUT2D eigenvalue weighted by molar-refractivity contribution is 6.27. The summed E-state index contributed by atoms with van der Waals surface area (Å²) in [6.07, 6.45) is 0. The monoisotopic (exact) mass is 547 g/mol. The molecule has 0 spiro atoms. The van der Waals surface area contributed by atoms with E-state index in [0.717, 1.165) is 0 Å². The van der Waals surface area contributed by atoms with Crippen molar-refractivity contribution in [2.24, 2.45) is 0 Å². The van der Waals surface area contributed by atoms with Crippen molar-refractivity contribution in [2.45, 2.75) is 13.8 Å². The Morgan fingerprint density at radius 1 is 0.395 bits per heavy atom. The molecule has 1 heteroatoms. The molecule has 0 aliphatic rings. The average Bonchev–Trinajstić information content (AvgIpc) is 3.37. The van der Waals surface area contributed by atoms with Gasteiger partial charge in [0.2, 0.25) is 0 Å². The average molecular weight is 548 g/mol. The molecule has 202 valence electrons. The molecule has 9 rings (SSSR count). The van der Waals surface area contributed by atoms with Crippen molar-refractivity contribution < 1.29 is 0 Å². The van der Waals surface area contributed by atoms with E-state index in [9.17, 15) is 0 Å².